The van der Waals surface area contributed by atoms with Gasteiger partial charge >= 0.3 is 0 Å². The Balaban J connectivity index is 2.85. The molecule has 2 N–H and O–H groups in total. The van der Waals surface area contributed by atoms with Crippen LogP contribution < -0.4 is 10.6 Å². The molecule has 0 heterocycles. The van der Waals surface area contributed by atoms with Crippen molar-refractivity contribution in [3.8, 4) is 6.07 Å². The Morgan fingerprint density at radius 3 is 2.79 bits per heavy atom. The highest BCUT2D eigenvalue weighted by atomic mass is 19.1. The first-order chi connectivity index (χ1) is 9.06. The second-order valence-electron chi connectivity index (χ2n) is 4.41. The van der Waals surface area contributed by atoms with E-state index in [1.807, 2.05) is 26.8 Å². The highest BCUT2D eigenvalue weighted by molar-refractivity contribution is 5.79. The standard InChI is InChI=1S/C14H19FN4/c1-4-17-14(19-10(2)3)18-9-12-7-11(8-16)5-6-13(12)15/h5-7,10H,4,9H2,1-3H3,(H2,17,18,19). The third-order valence-corrected chi connectivity index (χ3v) is 2.35. The average Bonchev–Trinajstić information content (AvgIpc) is 2.37. The van der Waals surface area contributed by atoms with E-state index >= 15 is 0 Å². The molecular formula is C14H19FN4. The van der Waals surface area contributed by atoms with Crippen LogP contribution in [0.25, 0.3) is 0 Å². The maximum absolute atomic E-state index is 13.6. The zero-order valence-electron chi connectivity index (χ0n) is 11.5. The Kier molecular flexibility index (Phi) is 5.80. The molecule has 0 aliphatic heterocycles. The first-order valence-electron chi connectivity index (χ1n) is 6.30. The Bertz CT molecular complexity index is 489. The van der Waals surface area contributed by atoms with Gasteiger partial charge in [-0.3, -0.25) is 0 Å². The van der Waals surface area contributed by atoms with Crippen LogP contribution in [0.4, 0.5) is 4.39 Å². The average molecular weight is 262 g/mol. The summed E-state index contributed by atoms with van der Waals surface area (Å²) in [6.45, 7) is 6.91. The van der Waals surface area contributed by atoms with Crippen molar-refractivity contribution in [1.29, 1.82) is 5.26 Å². The van der Waals surface area contributed by atoms with Crippen LogP contribution in [-0.2, 0) is 6.54 Å². The van der Waals surface area contributed by atoms with Crippen molar-refractivity contribution in [2.45, 2.75) is 33.4 Å². The van der Waals surface area contributed by atoms with Crippen molar-refractivity contribution in [3.63, 3.8) is 0 Å². The number of guanidine groups is 1. The second-order valence-corrected chi connectivity index (χ2v) is 4.41. The molecule has 0 aromatic heterocycles. The molecule has 0 unspecified atom stereocenters. The summed E-state index contributed by atoms with van der Waals surface area (Å²) in [5, 5.41) is 15.0. The largest absolute Gasteiger partial charge is 0.357 e. The number of nitrogens with zero attached hydrogens (tertiary/aromatic N) is 2. The van der Waals surface area contributed by atoms with E-state index in [1.165, 1.54) is 18.2 Å². The molecule has 0 saturated carbocycles. The number of nitrogens with one attached hydrogen (secondary N) is 2. The molecule has 102 valence electrons. The summed E-state index contributed by atoms with van der Waals surface area (Å²) in [5.41, 5.74) is 0.855. The Labute approximate surface area is 113 Å². The quantitative estimate of drug-likeness (QED) is 0.645. The van der Waals surface area contributed by atoms with Crippen molar-refractivity contribution >= 4 is 5.96 Å². The van der Waals surface area contributed by atoms with Gasteiger partial charge in [-0.15, -0.1) is 0 Å². The topological polar surface area (TPSA) is 60.2 Å². The van der Waals surface area contributed by atoms with E-state index < -0.39 is 0 Å². The van der Waals surface area contributed by atoms with Crippen LogP contribution in [-0.4, -0.2) is 18.5 Å². The fraction of sp³-hybridized carbons (Fsp3) is 0.429. The van der Waals surface area contributed by atoms with Gasteiger partial charge in [-0.05, 0) is 39.0 Å². The number of halogens is 1. The number of aliphatic imine (C=N–C) groups is 1. The highest BCUT2D eigenvalue weighted by Crippen LogP contribution is 2.11. The lowest BCUT2D eigenvalue weighted by molar-refractivity contribution is 0.609. The van der Waals surface area contributed by atoms with E-state index in [9.17, 15) is 4.39 Å². The van der Waals surface area contributed by atoms with Crippen LogP contribution in [0.15, 0.2) is 23.2 Å². The summed E-state index contributed by atoms with van der Waals surface area (Å²) in [7, 11) is 0. The van der Waals surface area contributed by atoms with E-state index in [0.717, 1.165) is 6.54 Å². The molecule has 0 amide bonds. The molecule has 0 aliphatic carbocycles. The minimum atomic E-state index is -0.344. The summed E-state index contributed by atoms with van der Waals surface area (Å²) in [6.07, 6.45) is 0. The first kappa shape index (κ1) is 15.0. The van der Waals surface area contributed by atoms with Gasteiger partial charge in [-0.25, -0.2) is 9.38 Å². The first-order valence-corrected chi connectivity index (χ1v) is 6.30. The molecule has 0 atom stereocenters. The maximum Gasteiger partial charge on any atom is 0.191 e. The summed E-state index contributed by atoms with van der Waals surface area (Å²) >= 11 is 0. The molecule has 0 saturated heterocycles. The predicted molar refractivity (Wildman–Crippen MR) is 74.2 cm³/mol. The van der Waals surface area contributed by atoms with Crippen molar-refractivity contribution in [2.24, 2.45) is 4.99 Å². The minimum Gasteiger partial charge on any atom is -0.357 e. The van der Waals surface area contributed by atoms with Gasteiger partial charge in [0.1, 0.15) is 5.82 Å². The fourth-order valence-electron chi connectivity index (χ4n) is 1.52. The number of benzene rings is 1. The van der Waals surface area contributed by atoms with E-state index in [2.05, 4.69) is 15.6 Å². The molecular weight excluding hydrogens is 243 g/mol. The molecule has 1 aromatic carbocycles. The predicted octanol–water partition coefficient (Wildman–Crippen LogP) is 2.16. The monoisotopic (exact) mass is 262 g/mol. The Hall–Kier alpha value is -2.09. The Morgan fingerprint density at radius 2 is 2.21 bits per heavy atom. The van der Waals surface area contributed by atoms with Gasteiger partial charge in [0.25, 0.3) is 0 Å². The number of nitriles is 1. The van der Waals surface area contributed by atoms with Crippen LogP contribution in [0.3, 0.4) is 0 Å². The van der Waals surface area contributed by atoms with Gasteiger partial charge in [0.05, 0.1) is 18.2 Å². The SMILES string of the molecule is CCNC(=NCc1cc(C#N)ccc1F)NC(C)C. The van der Waals surface area contributed by atoms with Gasteiger partial charge in [0, 0.05) is 18.2 Å². The Morgan fingerprint density at radius 1 is 1.47 bits per heavy atom. The van der Waals surface area contributed by atoms with E-state index in [1.54, 1.807) is 0 Å². The van der Waals surface area contributed by atoms with E-state index in [-0.39, 0.29) is 18.4 Å². The summed E-state index contributed by atoms with van der Waals surface area (Å²) in [4.78, 5) is 4.31. The number of hydrogen-bond donors (Lipinski definition) is 2. The van der Waals surface area contributed by atoms with Crippen LogP contribution in [0.2, 0.25) is 0 Å². The summed E-state index contributed by atoms with van der Waals surface area (Å²) in [5.74, 6) is 0.294. The van der Waals surface area contributed by atoms with Crippen molar-refractivity contribution in [3.05, 3.63) is 35.1 Å². The van der Waals surface area contributed by atoms with Crippen LogP contribution >= 0.6 is 0 Å². The van der Waals surface area contributed by atoms with Crippen molar-refractivity contribution in [2.75, 3.05) is 6.54 Å². The molecule has 1 aromatic rings. The minimum absolute atomic E-state index is 0.198. The van der Waals surface area contributed by atoms with Gasteiger partial charge in [0.15, 0.2) is 5.96 Å². The van der Waals surface area contributed by atoms with Crippen molar-refractivity contribution < 1.29 is 4.39 Å². The summed E-state index contributed by atoms with van der Waals surface area (Å²) < 4.78 is 13.6. The lowest BCUT2D eigenvalue weighted by Gasteiger charge is -2.14. The van der Waals surface area contributed by atoms with Crippen LogP contribution in [0.1, 0.15) is 31.9 Å². The van der Waals surface area contributed by atoms with Gasteiger partial charge in [-0.1, -0.05) is 0 Å². The number of rotatable bonds is 4. The smallest absolute Gasteiger partial charge is 0.191 e. The maximum atomic E-state index is 13.6. The zero-order valence-corrected chi connectivity index (χ0v) is 11.5. The molecule has 1 rings (SSSR count). The van der Waals surface area contributed by atoms with Gasteiger partial charge in [-0.2, -0.15) is 5.26 Å². The molecule has 4 nitrogen and oxygen atoms in total. The molecule has 19 heavy (non-hydrogen) atoms. The summed E-state index contributed by atoms with van der Waals surface area (Å²) in [6, 6.07) is 6.52. The molecule has 0 spiro atoms. The van der Waals surface area contributed by atoms with E-state index in [0.29, 0.717) is 17.1 Å². The normalized spacial score (nSPS) is 11.3. The second kappa shape index (κ2) is 7.37. The highest BCUT2D eigenvalue weighted by Gasteiger charge is 2.04. The van der Waals surface area contributed by atoms with Crippen LogP contribution in [0, 0.1) is 17.1 Å². The van der Waals surface area contributed by atoms with Crippen LogP contribution in [0.5, 0.6) is 0 Å². The van der Waals surface area contributed by atoms with Gasteiger partial charge in [0.2, 0.25) is 0 Å². The van der Waals surface area contributed by atoms with Crippen molar-refractivity contribution in [1.82, 2.24) is 10.6 Å². The lowest BCUT2D eigenvalue weighted by Crippen LogP contribution is -2.41. The molecule has 0 bridgehead atoms. The molecule has 0 aliphatic rings. The molecule has 5 heteroatoms. The number of hydrogen-bond acceptors (Lipinski definition) is 2. The molecule has 0 radical (unpaired) electrons. The fourth-order valence-corrected chi connectivity index (χ4v) is 1.52. The third kappa shape index (κ3) is 4.96. The van der Waals surface area contributed by atoms with Gasteiger partial charge < -0.3 is 10.6 Å². The van der Waals surface area contributed by atoms with E-state index in [4.69, 9.17) is 5.26 Å². The third-order valence-electron chi connectivity index (χ3n) is 2.35. The zero-order chi connectivity index (χ0) is 14.3. The lowest BCUT2D eigenvalue weighted by atomic mass is 10.1. The molecule has 0 fully saturated rings.